The van der Waals surface area contributed by atoms with Crippen molar-refractivity contribution in [1.29, 1.82) is 0 Å². The number of nitrogens with zero attached hydrogens (tertiary/aromatic N) is 5. The van der Waals surface area contributed by atoms with Gasteiger partial charge in [-0.15, -0.1) is 5.10 Å². The maximum absolute atomic E-state index is 13.4. The first kappa shape index (κ1) is 17.3. The Morgan fingerprint density at radius 2 is 2.18 bits per heavy atom. The second-order valence-electron chi connectivity index (χ2n) is 7.01. The molecule has 142 valence electrons. The van der Waals surface area contributed by atoms with Crippen molar-refractivity contribution in [2.45, 2.75) is 32.4 Å². The summed E-state index contributed by atoms with van der Waals surface area (Å²) in [6.07, 6.45) is 3.84. The molecule has 28 heavy (non-hydrogen) atoms. The summed E-state index contributed by atoms with van der Waals surface area (Å²) in [4.78, 5) is 22.4. The monoisotopic (exact) mass is 395 g/mol. The first-order valence-electron chi connectivity index (χ1n) is 9.24. The highest BCUT2D eigenvalue weighted by Gasteiger charge is 2.21. The van der Waals surface area contributed by atoms with E-state index in [1.54, 1.807) is 28.3 Å². The van der Waals surface area contributed by atoms with Gasteiger partial charge in [0.15, 0.2) is 0 Å². The number of pyridine rings is 1. The third-order valence-electron chi connectivity index (χ3n) is 5.03. The van der Waals surface area contributed by atoms with Gasteiger partial charge in [0, 0.05) is 23.4 Å². The molecule has 0 amide bonds. The number of hydrogen-bond donors (Lipinski definition) is 0. The molecule has 0 bridgehead atoms. The summed E-state index contributed by atoms with van der Waals surface area (Å²) in [5, 5.41) is 5.56. The van der Waals surface area contributed by atoms with Crippen molar-refractivity contribution in [2.24, 2.45) is 0 Å². The van der Waals surface area contributed by atoms with Crippen LogP contribution in [0.3, 0.4) is 0 Å². The highest BCUT2D eigenvalue weighted by Crippen LogP contribution is 2.28. The standard InChI is InChI=1S/C20H18ClN5O2/c1-12-22-20-23-16-7-8-25(11-15-6-3-9-28-15)19(27)17(16)18(26(20)24-12)13-4-2-5-14(21)10-13/h2,4-5,7-8,10,15H,3,6,9,11H2,1H3. The number of aryl methyl sites for hydroxylation is 1. The quantitative estimate of drug-likeness (QED) is 0.532. The fourth-order valence-corrected chi connectivity index (χ4v) is 3.96. The van der Waals surface area contributed by atoms with Gasteiger partial charge in [-0.2, -0.15) is 9.50 Å². The predicted molar refractivity (Wildman–Crippen MR) is 107 cm³/mol. The number of aromatic nitrogens is 5. The summed E-state index contributed by atoms with van der Waals surface area (Å²) in [5.41, 5.74) is 1.91. The van der Waals surface area contributed by atoms with E-state index in [9.17, 15) is 4.79 Å². The lowest BCUT2D eigenvalue weighted by Crippen LogP contribution is -2.27. The smallest absolute Gasteiger partial charge is 0.262 e. The van der Waals surface area contributed by atoms with Crippen LogP contribution < -0.4 is 5.56 Å². The molecule has 8 heteroatoms. The minimum Gasteiger partial charge on any atom is -0.376 e. The van der Waals surface area contributed by atoms with Crippen LogP contribution in [0.15, 0.2) is 41.3 Å². The normalized spacial score (nSPS) is 17.0. The molecular formula is C20H18ClN5O2. The van der Waals surface area contributed by atoms with Gasteiger partial charge in [-0.25, -0.2) is 4.98 Å². The highest BCUT2D eigenvalue weighted by atomic mass is 35.5. The minimum atomic E-state index is -0.120. The number of fused-ring (bicyclic) bond motifs is 2. The molecule has 1 unspecified atom stereocenters. The lowest BCUT2D eigenvalue weighted by Gasteiger charge is -2.14. The van der Waals surface area contributed by atoms with Crippen LogP contribution in [0.1, 0.15) is 18.7 Å². The average molecular weight is 396 g/mol. The predicted octanol–water partition coefficient (Wildman–Crippen LogP) is 3.25. The zero-order valence-electron chi connectivity index (χ0n) is 15.3. The van der Waals surface area contributed by atoms with E-state index < -0.39 is 0 Å². The van der Waals surface area contributed by atoms with Crippen LogP contribution in [0.2, 0.25) is 5.02 Å². The molecule has 0 radical (unpaired) electrons. The summed E-state index contributed by atoms with van der Waals surface area (Å²) >= 11 is 6.23. The fourth-order valence-electron chi connectivity index (χ4n) is 3.77. The van der Waals surface area contributed by atoms with Crippen molar-refractivity contribution in [3.05, 3.63) is 57.7 Å². The van der Waals surface area contributed by atoms with Gasteiger partial charge in [-0.05, 0) is 38.0 Å². The summed E-state index contributed by atoms with van der Waals surface area (Å²) in [6, 6.07) is 9.24. The minimum absolute atomic E-state index is 0.0649. The van der Waals surface area contributed by atoms with E-state index in [1.165, 1.54) is 0 Å². The van der Waals surface area contributed by atoms with Crippen LogP contribution in [-0.2, 0) is 11.3 Å². The first-order valence-corrected chi connectivity index (χ1v) is 9.62. The molecule has 1 atom stereocenters. The molecule has 1 fully saturated rings. The van der Waals surface area contributed by atoms with E-state index in [2.05, 4.69) is 15.1 Å². The SMILES string of the molecule is Cc1nc2nc3ccn(CC4CCCO4)c(=O)c3c(-c3cccc(Cl)c3)n2n1. The lowest BCUT2D eigenvalue weighted by molar-refractivity contribution is 0.0963. The van der Waals surface area contributed by atoms with Crippen molar-refractivity contribution < 1.29 is 4.74 Å². The van der Waals surface area contributed by atoms with E-state index >= 15 is 0 Å². The van der Waals surface area contributed by atoms with Crippen LogP contribution in [0, 0.1) is 6.92 Å². The summed E-state index contributed by atoms with van der Waals surface area (Å²) in [5.74, 6) is 1.04. The van der Waals surface area contributed by atoms with Gasteiger partial charge in [-0.1, -0.05) is 23.7 Å². The topological polar surface area (TPSA) is 74.3 Å². The van der Waals surface area contributed by atoms with Gasteiger partial charge in [0.1, 0.15) is 5.82 Å². The molecule has 1 saturated heterocycles. The van der Waals surface area contributed by atoms with E-state index in [0.717, 1.165) is 25.0 Å². The van der Waals surface area contributed by atoms with Gasteiger partial charge < -0.3 is 9.30 Å². The third kappa shape index (κ3) is 2.87. The summed E-state index contributed by atoms with van der Waals surface area (Å²) in [7, 11) is 0. The number of benzene rings is 1. The average Bonchev–Trinajstić information content (AvgIpc) is 3.31. The molecule has 5 rings (SSSR count). The Kier molecular flexibility index (Phi) is 4.14. The summed E-state index contributed by atoms with van der Waals surface area (Å²) < 4.78 is 9.03. The van der Waals surface area contributed by atoms with E-state index in [0.29, 0.717) is 39.8 Å². The number of hydrogen-bond acceptors (Lipinski definition) is 5. The first-order chi connectivity index (χ1) is 13.6. The van der Waals surface area contributed by atoms with Gasteiger partial charge in [-0.3, -0.25) is 4.79 Å². The van der Waals surface area contributed by atoms with Crippen molar-refractivity contribution >= 4 is 28.3 Å². The molecule has 0 saturated carbocycles. The zero-order chi connectivity index (χ0) is 19.3. The van der Waals surface area contributed by atoms with Crippen molar-refractivity contribution in [3.63, 3.8) is 0 Å². The Bertz CT molecular complexity index is 1260. The second kappa shape index (κ2) is 6.68. The van der Waals surface area contributed by atoms with Crippen LogP contribution in [0.4, 0.5) is 0 Å². The van der Waals surface area contributed by atoms with E-state index in [4.69, 9.17) is 16.3 Å². The molecule has 4 aromatic rings. The molecule has 0 N–H and O–H groups in total. The Hall–Kier alpha value is -2.77. The van der Waals surface area contributed by atoms with Crippen molar-refractivity contribution in [3.8, 4) is 11.3 Å². The maximum Gasteiger partial charge on any atom is 0.262 e. The van der Waals surface area contributed by atoms with Crippen molar-refractivity contribution in [1.82, 2.24) is 24.1 Å². The fraction of sp³-hybridized carbons (Fsp3) is 0.300. The van der Waals surface area contributed by atoms with Gasteiger partial charge in [0.25, 0.3) is 11.3 Å². The molecule has 1 aliphatic rings. The zero-order valence-corrected chi connectivity index (χ0v) is 16.1. The largest absolute Gasteiger partial charge is 0.376 e. The van der Waals surface area contributed by atoms with Gasteiger partial charge in [0.2, 0.25) is 0 Å². The number of rotatable bonds is 3. The van der Waals surface area contributed by atoms with Crippen LogP contribution in [-0.4, -0.2) is 36.9 Å². The van der Waals surface area contributed by atoms with E-state index in [1.807, 2.05) is 24.3 Å². The summed E-state index contributed by atoms with van der Waals surface area (Å²) in [6.45, 7) is 3.08. The highest BCUT2D eigenvalue weighted by molar-refractivity contribution is 6.30. The molecule has 3 aromatic heterocycles. The van der Waals surface area contributed by atoms with Gasteiger partial charge in [0.05, 0.1) is 29.2 Å². The second-order valence-corrected chi connectivity index (χ2v) is 7.45. The maximum atomic E-state index is 13.4. The van der Waals surface area contributed by atoms with Crippen LogP contribution in [0.25, 0.3) is 27.9 Å². The molecule has 1 aromatic carbocycles. The molecule has 0 aliphatic carbocycles. The van der Waals surface area contributed by atoms with Crippen molar-refractivity contribution in [2.75, 3.05) is 6.61 Å². The molecule has 0 spiro atoms. The Morgan fingerprint density at radius 3 is 2.96 bits per heavy atom. The molecule has 7 nitrogen and oxygen atoms in total. The molecule has 1 aliphatic heterocycles. The van der Waals surface area contributed by atoms with Crippen LogP contribution >= 0.6 is 11.6 Å². The van der Waals surface area contributed by atoms with Crippen LogP contribution in [0.5, 0.6) is 0 Å². The number of halogens is 1. The Balaban J connectivity index is 1.82. The van der Waals surface area contributed by atoms with E-state index in [-0.39, 0.29) is 11.7 Å². The third-order valence-corrected chi connectivity index (χ3v) is 5.27. The molecule has 4 heterocycles. The lowest BCUT2D eigenvalue weighted by atomic mass is 10.1. The number of ether oxygens (including phenoxy) is 1. The molecular weight excluding hydrogens is 378 g/mol. The Morgan fingerprint density at radius 1 is 1.29 bits per heavy atom. The van der Waals surface area contributed by atoms with Gasteiger partial charge >= 0.3 is 0 Å². The Labute approximate surface area is 165 Å².